The molecule has 2 aromatic carbocycles. The molecule has 1 unspecified atom stereocenters. The number of aromatic amines is 1. The maximum atomic E-state index is 14.4. The fourth-order valence-corrected chi connectivity index (χ4v) is 6.80. The summed E-state index contributed by atoms with van der Waals surface area (Å²) in [6, 6.07) is 6.26. The number of anilines is 2. The van der Waals surface area contributed by atoms with Gasteiger partial charge in [-0.2, -0.15) is 0 Å². The summed E-state index contributed by atoms with van der Waals surface area (Å²) in [4.78, 5) is 78.0. The molecule has 7 N–H and O–H groups in total. The van der Waals surface area contributed by atoms with Crippen molar-refractivity contribution in [2.75, 3.05) is 11.1 Å². The van der Waals surface area contributed by atoms with Crippen LogP contribution in [-0.4, -0.2) is 43.5 Å². The zero-order valence-electron chi connectivity index (χ0n) is 24.9. The average molecular weight is 634 g/mol. The number of aliphatic carboxylic acids is 1. The lowest BCUT2D eigenvalue weighted by atomic mass is 9.52. The molecule has 46 heavy (non-hydrogen) atoms. The van der Waals surface area contributed by atoms with Gasteiger partial charge in [-0.3, -0.25) is 33.9 Å². The highest BCUT2D eigenvalue weighted by atomic mass is 19.1. The first-order valence-corrected chi connectivity index (χ1v) is 14.9. The number of carboxylic acid groups (broad SMARTS) is 1. The number of H-pyrrole nitrogens is 1. The Hall–Kier alpha value is -5.34. The van der Waals surface area contributed by atoms with Gasteiger partial charge in [-0.1, -0.05) is 6.07 Å². The van der Waals surface area contributed by atoms with Gasteiger partial charge in [0.2, 0.25) is 0 Å². The summed E-state index contributed by atoms with van der Waals surface area (Å²) in [6.45, 7) is 1.73. The third-order valence-corrected chi connectivity index (χ3v) is 9.92. The van der Waals surface area contributed by atoms with Crippen molar-refractivity contribution < 1.29 is 23.9 Å². The van der Waals surface area contributed by atoms with E-state index in [1.807, 2.05) is 6.92 Å². The van der Waals surface area contributed by atoms with Crippen LogP contribution in [0.4, 0.5) is 15.8 Å². The van der Waals surface area contributed by atoms with Crippen molar-refractivity contribution in [1.29, 1.82) is 0 Å². The third kappa shape index (κ3) is 5.20. The number of carbonyl (C=O) groups is 3. The Labute approximate surface area is 259 Å². The predicted molar refractivity (Wildman–Crippen MR) is 164 cm³/mol. The number of fused-ring (bicyclic) bond motifs is 4. The number of nitrogen functional groups attached to an aromatic ring is 1. The standard InChI is InChI=1S/C31H32FN7O7/c1-15(30-4-7-31(8-5-30,9-6-30)29(45)46)36-28(44)20-11-19(37-21-12-22(40)38-39(20)21)27(43)35-13-16-2-3-18(32)17(10-16)14-34-24-23(33)25(41)26(24)42/h2-3,10-12,15,34H,4-9,13-14,33H2,1H3,(H,35,43)(H,36,44)(H,38,40)(H,45,46). The zero-order chi connectivity index (χ0) is 33.0. The monoisotopic (exact) mass is 633 g/mol. The minimum Gasteiger partial charge on any atom is -0.481 e. The van der Waals surface area contributed by atoms with Gasteiger partial charge in [0.25, 0.3) is 28.2 Å². The number of nitrogens with two attached hydrogens (primary N) is 1. The van der Waals surface area contributed by atoms with Crippen molar-refractivity contribution >= 4 is 34.8 Å². The molecule has 0 saturated heterocycles. The second kappa shape index (κ2) is 11.2. The van der Waals surface area contributed by atoms with Gasteiger partial charge in [0.05, 0.1) is 5.41 Å². The topological polar surface area (TPSA) is 218 Å². The van der Waals surface area contributed by atoms with Crippen LogP contribution in [0, 0.1) is 16.6 Å². The van der Waals surface area contributed by atoms with Crippen LogP contribution in [0.1, 0.15) is 77.6 Å². The van der Waals surface area contributed by atoms with Crippen molar-refractivity contribution in [2.24, 2.45) is 10.8 Å². The molecule has 0 radical (unpaired) electrons. The Morgan fingerprint density at radius 3 is 2.37 bits per heavy atom. The van der Waals surface area contributed by atoms with E-state index in [4.69, 9.17) is 5.73 Å². The van der Waals surface area contributed by atoms with Crippen molar-refractivity contribution in [3.05, 3.63) is 89.5 Å². The molecule has 2 bridgehead atoms. The molecule has 14 nitrogen and oxygen atoms in total. The number of nitrogens with zero attached hydrogens (tertiary/aromatic N) is 2. The normalized spacial score (nSPS) is 21.3. The van der Waals surface area contributed by atoms with E-state index in [0.717, 1.165) is 6.07 Å². The van der Waals surface area contributed by atoms with Crippen molar-refractivity contribution in [2.45, 2.75) is 64.6 Å². The van der Waals surface area contributed by atoms with Crippen LogP contribution < -0.4 is 38.1 Å². The molecule has 240 valence electrons. The minimum absolute atomic E-state index is 0.0141. The number of halogens is 1. The molecule has 0 aliphatic heterocycles. The second-order valence-corrected chi connectivity index (χ2v) is 12.4. The lowest BCUT2D eigenvalue weighted by molar-refractivity contribution is -0.159. The van der Waals surface area contributed by atoms with Gasteiger partial charge in [-0.15, -0.1) is 0 Å². The van der Waals surface area contributed by atoms with E-state index >= 15 is 0 Å². The molecule has 1 atom stereocenters. The molecule has 7 rings (SSSR count). The van der Waals surface area contributed by atoms with Crippen LogP contribution in [0.3, 0.4) is 0 Å². The molecule has 15 heteroatoms. The van der Waals surface area contributed by atoms with Crippen LogP contribution in [-0.2, 0) is 17.9 Å². The molecule has 2 heterocycles. The van der Waals surface area contributed by atoms with Crippen molar-refractivity contribution in [3.8, 4) is 0 Å². The largest absolute Gasteiger partial charge is 0.481 e. The smallest absolute Gasteiger partial charge is 0.309 e. The lowest BCUT2D eigenvalue weighted by Gasteiger charge is -2.54. The molecule has 2 amide bonds. The van der Waals surface area contributed by atoms with E-state index < -0.39 is 45.4 Å². The first-order valence-electron chi connectivity index (χ1n) is 14.9. The van der Waals surface area contributed by atoms with Crippen LogP contribution in [0.25, 0.3) is 5.65 Å². The summed E-state index contributed by atoms with van der Waals surface area (Å²) >= 11 is 0. The summed E-state index contributed by atoms with van der Waals surface area (Å²) in [5, 5.41) is 20.6. The minimum atomic E-state index is -0.794. The maximum Gasteiger partial charge on any atom is 0.309 e. The van der Waals surface area contributed by atoms with Crippen molar-refractivity contribution in [1.82, 2.24) is 25.2 Å². The quantitative estimate of drug-likeness (QED) is 0.138. The van der Waals surface area contributed by atoms with Gasteiger partial charge >= 0.3 is 5.97 Å². The fraction of sp³-hybridized carbons (Fsp3) is 0.387. The van der Waals surface area contributed by atoms with E-state index in [1.165, 1.54) is 28.8 Å². The van der Waals surface area contributed by atoms with Crippen LogP contribution in [0.2, 0.25) is 0 Å². The molecule has 2 aromatic heterocycles. The van der Waals surface area contributed by atoms with Gasteiger partial charge < -0.3 is 26.8 Å². The fourth-order valence-electron chi connectivity index (χ4n) is 6.80. The number of benzene rings is 1. The zero-order valence-corrected chi connectivity index (χ0v) is 24.9. The molecular formula is C31H32FN7O7. The Morgan fingerprint density at radius 1 is 1.02 bits per heavy atom. The van der Waals surface area contributed by atoms with E-state index in [0.29, 0.717) is 44.1 Å². The Kier molecular flexibility index (Phi) is 7.49. The van der Waals surface area contributed by atoms with Gasteiger partial charge in [0.1, 0.15) is 28.6 Å². The van der Waals surface area contributed by atoms with E-state index in [2.05, 4.69) is 26.0 Å². The summed E-state index contributed by atoms with van der Waals surface area (Å²) in [6.07, 6.45) is 3.67. The molecule has 3 fully saturated rings. The highest BCUT2D eigenvalue weighted by molar-refractivity contribution is 5.98. The Balaban J connectivity index is 1.16. The van der Waals surface area contributed by atoms with Crippen LogP contribution >= 0.6 is 0 Å². The number of hydrogen-bond donors (Lipinski definition) is 6. The Morgan fingerprint density at radius 2 is 1.72 bits per heavy atom. The number of carbonyl (C=O) groups excluding carboxylic acids is 2. The molecule has 0 spiro atoms. The summed E-state index contributed by atoms with van der Waals surface area (Å²) in [7, 11) is 0. The van der Waals surface area contributed by atoms with E-state index in [9.17, 15) is 38.3 Å². The van der Waals surface area contributed by atoms with E-state index in [1.54, 1.807) is 0 Å². The third-order valence-electron chi connectivity index (χ3n) is 9.92. The van der Waals surface area contributed by atoms with Gasteiger partial charge in [-0.25, -0.2) is 13.9 Å². The highest BCUT2D eigenvalue weighted by Gasteiger charge is 2.54. The highest BCUT2D eigenvalue weighted by Crippen LogP contribution is 2.58. The maximum absolute atomic E-state index is 14.4. The van der Waals surface area contributed by atoms with Crippen molar-refractivity contribution in [3.63, 3.8) is 0 Å². The average Bonchev–Trinajstić information content (AvgIpc) is 3.44. The number of hydrogen-bond acceptors (Lipinski definition) is 9. The van der Waals surface area contributed by atoms with Gasteiger partial charge in [0.15, 0.2) is 5.65 Å². The number of nitrogens with one attached hydrogen (secondary N) is 4. The molecular weight excluding hydrogens is 601 g/mol. The Bertz CT molecular complexity index is 2020. The summed E-state index contributed by atoms with van der Waals surface area (Å²) in [5.41, 5.74) is 2.81. The number of amides is 2. The second-order valence-electron chi connectivity index (χ2n) is 12.4. The van der Waals surface area contributed by atoms with Gasteiger partial charge in [-0.05, 0) is 68.6 Å². The number of rotatable bonds is 10. The summed E-state index contributed by atoms with van der Waals surface area (Å²) < 4.78 is 15.6. The van der Waals surface area contributed by atoms with Crippen LogP contribution in [0.5, 0.6) is 0 Å². The van der Waals surface area contributed by atoms with Gasteiger partial charge in [0, 0.05) is 36.8 Å². The molecule has 4 aromatic rings. The molecule has 3 aliphatic carbocycles. The lowest BCUT2D eigenvalue weighted by Crippen LogP contribution is -2.54. The number of carboxylic acids is 1. The van der Waals surface area contributed by atoms with E-state index in [-0.39, 0.29) is 58.5 Å². The SMILES string of the molecule is CC(NC(=O)c1cc(C(=O)NCc2ccc(F)c(CNc3c(N)c(=O)c3=O)c2)nc2cc(=O)[nH]n12)C12CCC(C(=O)O)(CC1)CC2. The van der Waals surface area contributed by atoms with Crippen LogP contribution in [0.15, 0.2) is 44.7 Å². The molecule has 3 saturated carbocycles. The summed E-state index contributed by atoms with van der Waals surface area (Å²) in [5.74, 6) is -2.52. The molecule has 3 aliphatic rings. The first-order chi connectivity index (χ1) is 21.8. The predicted octanol–water partition coefficient (Wildman–Crippen LogP) is 1.43. The number of aromatic nitrogens is 3. The first kappa shape index (κ1) is 30.7.